The van der Waals surface area contributed by atoms with Crippen LogP contribution >= 0.6 is 31.9 Å². The van der Waals surface area contributed by atoms with Crippen molar-refractivity contribution in [1.29, 1.82) is 0 Å². The van der Waals surface area contributed by atoms with Crippen LogP contribution in [0.1, 0.15) is 19.8 Å². The van der Waals surface area contributed by atoms with Crippen LogP contribution in [0.25, 0.3) is 0 Å². The Kier molecular flexibility index (Phi) is 5.43. The van der Waals surface area contributed by atoms with Crippen molar-refractivity contribution in [1.82, 2.24) is 4.72 Å². The fourth-order valence-electron chi connectivity index (χ4n) is 1.14. The molecule has 0 saturated carbocycles. The lowest BCUT2D eigenvalue weighted by Crippen LogP contribution is -2.25. The van der Waals surface area contributed by atoms with Gasteiger partial charge in [-0.05, 0) is 40.5 Å². The minimum Gasteiger partial charge on any atom is -0.211 e. The van der Waals surface area contributed by atoms with Crippen LogP contribution in [-0.4, -0.2) is 15.0 Å². The molecule has 0 radical (unpaired) electrons. The van der Waals surface area contributed by atoms with Crippen LogP contribution in [0.15, 0.2) is 32.0 Å². The zero-order chi connectivity index (χ0) is 12.2. The van der Waals surface area contributed by atoms with Crippen molar-refractivity contribution in [3.63, 3.8) is 0 Å². The molecule has 1 aromatic rings. The molecule has 3 nitrogen and oxygen atoms in total. The number of rotatable bonds is 5. The number of hydrogen-bond acceptors (Lipinski definition) is 2. The third-order valence-electron chi connectivity index (χ3n) is 2.01. The molecule has 1 aromatic carbocycles. The normalized spacial score (nSPS) is 11.7. The average Bonchev–Trinajstić information content (AvgIpc) is 2.22. The van der Waals surface area contributed by atoms with Gasteiger partial charge < -0.3 is 0 Å². The second kappa shape index (κ2) is 6.14. The number of sulfonamides is 1. The zero-order valence-electron chi connectivity index (χ0n) is 8.83. The maximum absolute atomic E-state index is 11.9. The molecule has 0 saturated heterocycles. The molecule has 0 atom stereocenters. The van der Waals surface area contributed by atoms with Gasteiger partial charge in [0, 0.05) is 15.5 Å². The van der Waals surface area contributed by atoms with Gasteiger partial charge in [0.05, 0.1) is 4.90 Å². The first-order valence-electron chi connectivity index (χ1n) is 4.92. The molecular weight excluding hydrogens is 358 g/mol. The minimum absolute atomic E-state index is 0.262. The molecule has 90 valence electrons. The molecule has 1 rings (SSSR count). The Morgan fingerprint density at radius 3 is 2.62 bits per heavy atom. The molecule has 0 aromatic heterocycles. The van der Waals surface area contributed by atoms with Crippen molar-refractivity contribution in [2.24, 2.45) is 0 Å². The molecule has 6 heteroatoms. The summed E-state index contributed by atoms with van der Waals surface area (Å²) in [5.41, 5.74) is 0. The highest BCUT2D eigenvalue weighted by molar-refractivity contribution is 9.11. The van der Waals surface area contributed by atoms with E-state index in [0.29, 0.717) is 11.0 Å². The van der Waals surface area contributed by atoms with Gasteiger partial charge in [0.15, 0.2) is 0 Å². The predicted molar refractivity (Wildman–Crippen MR) is 71.9 cm³/mol. The van der Waals surface area contributed by atoms with E-state index in [9.17, 15) is 8.42 Å². The van der Waals surface area contributed by atoms with Crippen LogP contribution in [0.5, 0.6) is 0 Å². The number of unbranched alkanes of at least 4 members (excludes halogenated alkanes) is 1. The third-order valence-corrected chi connectivity index (χ3v) is 4.95. The Hall–Kier alpha value is 0.0900. The molecule has 0 aliphatic rings. The number of halogens is 2. The van der Waals surface area contributed by atoms with Crippen LogP contribution in [0.2, 0.25) is 0 Å². The summed E-state index contributed by atoms with van der Waals surface area (Å²) in [5, 5.41) is 0. The van der Waals surface area contributed by atoms with E-state index in [4.69, 9.17) is 0 Å². The largest absolute Gasteiger partial charge is 0.241 e. The highest BCUT2D eigenvalue weighted by Crippen LogP contribution is 2.25. The second-order valence-electron chi connectivity index (χ2n) is 3.33. The van der Waals surface area contributed by atoms with Gasteiger partial charge in [0.25, 0.3) is 0 Å². The number of benzene rings is 1. The van der Waals surface area contributed by atoms with Gasteiger partial charge in [-0.25, -0.2) is 13.1 Å². The Labute approximate surface area is 113 Å². The highest BCUT2D eigenvalue weighted by atomic mass is 79.9. The maximum Gasteiger partial charge on any atom is 0.241 e. The van der Waals surface area contributed by atoms with Gasteiger partial charge in [-0.15, -0.1) is 0 Å². The van der Waals surface area contributed by atoms with Crippen LogP contribution in [0.4, 0.5) is 0 Å². The van der Waals surface area contributed by atoms with E-state index in [1.54, 1.807) is 18.2 Å². The van der Waals surface area contributed by atoms with E-state index < -0.39 is 10.0 Å². The van der Waals surface area contributed by atoms with E-state index in [1.807, 2.05) is 6.92 Å². The van der Waals surface area contributed by atoms with Crippen molar-refractivity contribution >= 4 is 41.9 Å². The first kappa shape index (κ1) is 14.2. The molecule has 0 amide bonds. The lowest BCUT2D eigenvalue weighted by Gasteiger charge is -2.08. The molecule has 0 aliphatic heterocycles. The molecule has 0 bridgehead atoms. The van der Waals surface area contributed by atoms with Crippen molar-refractivity contribution in [3.8, 4) is 0 Å². The van der Waals surface area contributed by atoms with Gasteiger partial charge in [-0.3, -0.25) is 0 Å². The molecular formula is C10H13Br2NO2S. The van der Waals surface area contributed by atoms with E-state index in [2.05, 4.69) is 36.6 Å². The van der Waals surface area contributed by atoms with Crippen molar-refractivity contribution in [2.45, 2.75) is 24.7 Å². The second-order valence-corrected chi connectivity index (χ2v) is 6.83. The monoisotopic (exact) mass is 369 g/mol. The Morgan fingerprint density at radius 2 is 2.00 bits per heavy atom. The first-order valence-corrected chi connectivity index (χ1v) is 7.99. The summed E-state index contributed by atoms with van der Waals surface area (Å²) >= 11 is 6.49. The van der Waals surface area contributed by atoms with Crippen LogP contribution < -0.4 is 4.72 Å². The zero-order valence-corrected chi connectivity index (χ0v) is 12.8. The molecule has 0 fully saturated rings. The summed E-state index contributed by atoms with van der Waals surface area (Å²) in [4.78, 5) is 0.262. The molecule has 16 heavy (non-hydrogen) atoms. The standard InChI is InChI=1S/C10H13Br2NO2S/c1-2-3-6-13-16(14,15)10-7-8(11)4-5-9(10)12/h4-5,7,13H,2-3,6H2,1H3. The summed E-state index contributed by atoms with van der Waals surface area (Å²) in [6.07, 6.45) is 1.80. The highest BCUT2D eigenvalue weighted by Gasteiger charge is 2.16. The molecule has 0 aliphatic carbocycles. The number of nitrogens with one attached hydrogen (secondary N) is 1. The van der Waals surface area contributed by atoms with Crippen LogP contribution in [-0.2, 0) is 10.0 Å². The lowest BCUT2D eigenvalue weighted by atomic mass is 10.3. The van der Waals surface area contributed by atoms with Gasteiger partial charge in [0.2, 0.25) is 10.0 Å². The SMILES string of the molecule is CCCCNS(=O)(=O)c1cc(Br)ccc1Br. The molecule has 0 spiro atoms. The van der Waals surface area contributed by atoms with Crippen molar-refractivity contribution in [2.75, 3.05) is 6.54 Å². The fourth-order valence-corrected chi connectivity index (χ4v) is 3.72. The predicted octanol–water partition coefficient (Wildman–Crippen LogP) is 3.29. The quantitative estimate of drug-likeness (QED) is 0.808. The third kappa shape index (κ3) is 3.84. The summed E-state index contributed by atoms with van der Waals surface area (Å²) in [6.45, 7) is 2.49. The Morgan fingerprint density at radius 1 is 1.31 bits per heavy atom. The molecule has 0 heterocycles. The topological polar surface area (TPSA) is 46.2 Å². The molecule has 1 N–H and O–H groups in total. The van der Waals surface area contributed by atoms with Crippen LogP contribution in [0.3, 0.4) is 0 Å². The summed E-state index contributed by atoms with van der Waals surface area (Å²) < 4.78 is 27.7. The smallest absolute Gasteiger partial charge is 0.211 e. The Bertz CT molecular complexity index is 460. The van der Waals surface area contributed by atoms with Crippen molar-refractivity contribution < 1.29 is 8.42 Å². The van der Waals surface area contributed by atoms with E-state index in [1.165, 1.54) is 0 Å². The fraction of sp³-hybridized carbons (Fsp3) is 0.400. The first-order chi connectivity index (χ1) is 7.47. The Balaban J connectivity index is 2.93. The summed E-state index contributed by atoms with van der Waals surface area (Å²) in [5.74, 6) is 0. The summed E-state index contributed by atoms with van der Waals surface area (Å²) in [6, 6.07) is 5.08. The van der Waals surface area contributed by atoms with E-state index in [0.717, 1.165) is 17.3 Å². The number of hydrogen-bond donors (Lipinski definition) is 1. The van der Waals surface area contributed by atoms with Gasteiger partial charge in [-0.1, -0.05) is 29.3 Å². The van der Waals surface area contributed by atoms with Gasteiger partial charge >= 0.3 is 0 Å². The average molecular weight is 371 g/mol. The van der Waals surface area contributed by atoms with Crippen molar-refractivity contribution in [3.05, 3.63) is 27.1 Å². The molecule has 0 unspecified atom stereocenters. The maximum atomic E-state index is 11.9. The van der Waals surface area contributed by atoms with E-state index in [-0.39, 0.29) is 4.90 Å². The minimum atomic E-state index is -3.41. The summed E-state index contributed by atoms with van der Waals surface area (Å²) in [7, 11) is -3.41. The van der Waals surface area contributed by atoms with E-state index >= 15 is 0 Å². The van der Waals surface area contributed by atoms with Gasteiger partial charge in [-0.2, -0.15) is 0 Å². The lowest BCUT2D eigenvalue weighted by molar-refractivity contribution is 0.578. The van der Waals surface area contributed by atoms with Gasteiger partial charge in [0.1, 0.15) is 0 Å². The van der Waals surface area contributed by atoms with Crippen LogP contribution in [0, 0.1) is 0 Å².